The standard InChI is InChI=1S/C16H17ClN2O2/c17-14-3-1-2-13(8-14)11-21-15-6-4-12(5-7-15)10-19-16(20)9-18/h1-8H,9-11,18H2,(H,19,20). The van der Waals surface area contributed by atoms with Gasteiger partial charge < -0.3 is 15.8 Å². The third-order valence-corrected chi connectivity index (χ3v) is 3.13. The van der Waals surface area contributed by atoms with E-state index in [2.05, 4.69) is 5.32 Å². The minimum absolute atomic E-state index is 0.000823. The normalized spacial score (nSPS) is 10.2. The van der Waals surface area contributed by atoms with Crippen LogP contribution in [-0.4, -0.2) is 12.5 Å². The van der Waals surface area contributed by atoms with Crippen molar-refractivity contribution in [2.24, 2.45) is 5.73 Å². The smallest absolute Gasteiger partial charge is 0.234 e. The largest absolute Gasteiger partial charge is 0.489 e. The lowest BCUT2D eigenvalue weighted by atomic mass is 10.2. The van der Waals surface area contributed by atoms with E-state index in [9.17, 15) is 4.79 Å². The molecule has 110 valence electrons. The molecule has 21 heavy (non-hydrogen) atoms. The highest BCUT2D eigenvalue weighted by Crippen LogP contribution is 2.16. The molecule has 0 aliphatic heterocycles. The summed E-state index contributed by atoms with van der Waals surface area (Å²) in [6.07, 6.45) is 0. The lowest BCUT2D eigenvalue weighted by Crippen LogP contribution is -2.29. The molecule has 0 fully saturated rings. The molecule has 2 aromatic carbocycles. The van der Waals surface area contributed by atoms with Crippen LogP contribution in [-0.2, 0) is 17.9 Å². The van der Waals surface area contributed by atoms with Gasteiger partial charge in [0.25, 0.3) is 0 Å². The van der Waals surface area contributed by atoms with Gasteiger partial charge in [-0.2, -0.15) is 0 Å². The maximum atomic E-state index is 11.1. The molecule has 0 aliphatic rings. The first-order chi connectivity index (χ1) is 10.2. The predicted octanol–water partition coefficient (Wildman–Crippen LogP) is 2.49. The van der Waals surface area contributed by atoms with E-state index in [-0.39, 0.29) is 12.5 Å². The molecular formula is C16H17ClN2O2. The highest BCUT2D eigenvalue weighted by molar-refractivity contribution is 6.30. The van der Waals surface area contributed by atoms with Gasteiger partial charge in [0.2, 0.25) is 5.91 Å². The van der Waals surface area contributed by atoms with Crippen LogP contribution in [0.3, 0.4) is 0 Å². The fourth-order valence-corrected chi connectivity index (χ4v) is 1.98. The summed E-state index contributed by atoms with van der Waals surface area (Å²) in [4.78, 5) is 11.1. The van der Waals surface area contributed by atoms with Gasteiger partial charge in [-0.1, -0.05) is 35.9 Å². The van der Waals surface area contributed by atoms with Gasteiger partial charge in [-0.3, -0.25) is 4.79 Å². The predicted molar refractivity (Wildman–Crippen MR) is 83.1 cm³/mol. The number of nitrogens with one attached hydrogen (secondary N) is 1. The van der Waals surface area contributed by atoms with E-state index in [1.54, 1.807) is 0 Å². The molecule has 0 saturated heterocycles. The van der Waals surface area contributed by atoms with Crippen molar-refractivity contribution in [2.45, 2.75) is 13.2 Å². The number of carbonyl (C=O) groups excluding carboxylic acids is 1. The van der Waals surface area contributed by atoms with Crippen LogP contribution in [0, 0.1) is 0 Å². The van der Waals surface area contributed by atoms with E-state index in [0.717, 1.165) is 16.9 Å². The van der Waals surface area contributed by atoms with Gasteiger partial charge in [0, 0.05) is 11.6 Å². The third-order valence-electron chi connectivity index (χ3n) is 2.89. The molecule has 0 bridgehead atoms. The first kappa shape index (κ1) is 15.4. The number of hydrogen-bond donors (Lipinski definition) is 2. The van der Waals surface area contributed by atoms with Crippen molar-refractivity contribution in [2.75, 3.05) is 6.54 Å². The van der Waals surface area contributed by atoms with E-state index in [4.69, 9.17) is 22.1 Å². The topological polar surface area (TPSA) is 64.4 Å². The number of benzene rings is 2. The van der Waals surface area contributed by atoms with Gasteiger partial charge in [0.15, 0.2) is 0 Å². The van der Waals surface area contributed by atoms with Crippen LogP contribution >= 0.6 is 11.6 Å². The highest BCUT2D eigenvalue weighted by Gasteiger charge is 2.00. The van der Waals surface area contributed by atoms with Crippen molar-refractivity contribution in [1.29, 1.82) is 0 Å². The van der Waals surface area contributed by atoms with Gasteiger partial charge in [0.05, 0.1) is 6.54 Å². The molecule has 0 heterocycles. The summed E-state index contributed by atoms with van der Waals surface area (Å²) in [6, 6.07) is 15.1. The second-order valence-electron chi connectivity index (χ2n) is 4.54. The van der Waals surface area contributed by atoms with Gasteiger partial charge in [0.1, 0.15) is 12.4 Å². The summed E-state index contributed by atoms with van der Waals surface area (Å²) in [5, 5.41) is 3.41. The van der Waals surface area contributed by atoms with Crippen molar-refractivity contribution < 1.29 is 9.53 Å². The zero-order valence-corrected chi connectivity index (χ0v) is 12.3. The SMILES string of the molecule is NCC(=O)NCc1ccc(OCc2cccc(Cl)c2)cc1. The molecule has 0 atom stereocenters. The van der Waals surface area contributed by atoms with Gasteiger partial charge in [-0.15, -0.1) is 0 Å². The maximum absolute atomic E-state index is 11.1. The van der Waals surface area contributed by atoms with Crippen molar-refractivity contribution in [3.8, 4) is 5.75 Å². The maximum Gasteiger partial charge on any atom is 0.234 e. The number of nitrogens with two attached hydrogens (primary N) is 1. The van der Waals surface area contributed by atoms with E-state index in [1.807, 2.05) is 48.5 Å². The second kappa shape index (κ2) is 7.67. The Morgan fingerprint density at radius 3 is 2.57 bits per heavy atom. The molecule has 0 saturated carbocycles. The molecule has 2 aromatic rings. The Hall–Kier alpha value is -2.04. The molecule has 0 unspecified atom stereocenters. The molecule has 0 aromatic heterocycles. The average molecular weight is 305 g/mol. The Labute approximate surface area is 128 Å². The van der Waals surface area contributed by atoms with Crippen molar-refractivity contribution in [3.05, 3.63) is 64.7 Å². The summed E-state index contributed by atoms with van der Waals surface area (Å²) in [5.41, 5.74) is 7.23. The highest BCUT2D eigenvalue weighted by atomic mass is 35.5. The van der Waals surface area contributed by atoms with Gasteiger partial charge in [-0.05, 0) is 35.4 Å². The Kier molecular flexibility index (Phi) is 5.60. The number of ether oxygens (including phenoxy) is 1. The number of halogens is 1. The van der Waals surface area contributed by atoms with Crippen LogP contribution in [0.4, 0.5) is 0 Å². The first-order valence-electron chi connectivity index (χ1n) is 6.60. The Morgan fingerprint density at radius 1 is 1.14 bits per heavy atom. The quantitative estimate of drug-likeness (QED) is 0.862. The van der Waals surface area contributed by atoms with Gasteiger partial charge in [-0.25, -0.2) is 0 Å². The number of carbonyl (C=O) groups is 1. The summed E-state index contributed by atoms with van der Waals surface area (Å²) in [7, 11) is 0. The number of hydrogen-bond acceptors (Lipinski definition) is 3. The third kappa shape index (κ3) is 5.10. The second-order valence-corrected chi connectivity index (χ2v) is 4.98. The molecule has 0 aliphatic carbocycles. The monoisotopic (exact) mass is 304 g/mol. The van der Waals surface area contributed by atoms with Crippen LogP contribution in [0.5, 0.6) is 5.75 Å². The van der Waals surface area contributed by atoms with Crippen molar-refractivity contribution >= 4 is 17.5 Å². The first-order valence-corrected chi connectivity index (χ1v) is 6.98. The zero-order valence-electron chi connectivity index (χ0n) is 11.5. The van der Waals surface area contributed by atoms with Crippen molar-refractivity contribution in [1.82, 2.24) is 5.32 Å². The minimum Gasteiger partial charge on any atom is -0.489 e. The van der Waals surface area contributed by atoms with Crippen LogP contribution in [0.1, 0.15) is 11.1 Å². The molecule has 0 radical (unpaired) electrons. The van der Waals surface area contributed by atoms with E-state index in [1.165, 1.54) is 0 Å². The lowest BCUT2D eigenvalue weighted by molar-refractivity contribution is -0.119. The average Bonchev–Trinajstić information content (AvgIpc) is 2.51. The lowest BCUT2D eigenvalue weighted by Gasteiger charge is -2.08. The van der Waals surface area contributed by atoms with E-state index < -0.39 is 0 Å². The van der Waals surface area contributed by atoms with E-state index in [0.29, 0.717) is 18.2 Å². The summed E-state index contributed by atoms with van der Waals surface area (Å²) < 4.78 is 5.68. The molecule has 1 amide bonds. The zero-order chi connectivity index (χ0) is 15.1. The van der Waals surface area contributed by atoms with E-state index >= 15 is 0 Å². The molecule has 5 heteroatoms. The fraction of sp³-hybridized carbons (Fsp3) is 0.188. The molecular weight excluding hydrogens is 288 g/mol. The number of amides is 1. The van der Waals surface area contributed by atoms with Crippen LogP contribution in [0.15, 0.2) is 48.5 Å². The Bertz CT molecular complexity index is 599. The Morgan fingerprint density at radius 2 is 1.90 bits per heavy atom. The fourth-order valence-electron chi connectivity index (χ4n) is 1.77. The molecule has 3 N–H and O–H groups in total. The van der Waals surface area contributed by atoms with Crippen LogP contribution in [0.2, 0.25) is 5.02 Å². The molecule has 4 nitrogen and oxygen atoms in total. The molecule has 2 rings (SSSR count). The molecule has 0 spiro atoms. The number of rotatable bonds is 6. The Balaban J connectivity index is 1.86. The van der Waals surface area contributed by atoms with Crippen LogP contribution < -0.4 is 15.8 Å². The van der Waals surface area contributed by atoms with Gasteiger partial charge >= 0.3 is 0 Å². The minimum atomic E-state index is -0.170. The summed E-state index contributed by atoms with van der Waals surface area (Å²) >= 11 is 5.92. The summed E-state index contributed by atoms with van der Waals surface area (Å²) in [6.45, 7) is 0.926. The van der Waals surface area contributed by atoms with Crippen molar-refractivity contribution in [3.63, 3.8) is 0 Å². The summed E-state index contributed by atoms with van der Waals surface area (Å²) in [5.74, 6) is 0.597. The van der Waals surface area contributed by atoms with Crippen LogP contribution in [0.25, 0.3) is 0 Å².